The molecule has 2 N–H and O–H groups in total. The van der Waals surface area contributed by atoms with Crippen LogP contribution >= 0.6 is 0 Å². The van der Waals surface area contributed by atoms with Gasteiger partial charge in [-0.05, 0) is 24.3 Å². The topological polar surface area (TPSA) is 83.1 Å². The number of hydrogen-bond donors (Lipinski definition) is 2. The zero-order chi connectivity index (χ0) is 16.9. The number of hydrazine groups is 1. The van der Waals surface area contributed by atoms with Gasteiger partial charge in [0.2, 0.25) is 5.91 Å². The van der Waals surface area contributed by atoms with Crippen LogP contribution in [-0.4, -0.2) is 62.9 Å². The van der Waals surface area contributed by atoms with Crippen molar-refractivity contribution in [1.29, 1.82) is 0 Å². The Kier molecular flexibility index (Phi) is 5.17. The second-order valence-corrected chi connectivity index (χ2v) is 5.79. The summed E-state index contributed by atoms with van der Waals surface area (Å²) in [6, 6.07) is 6.81. The number of anilines is 1. The lowest BCUT2D eigenvalue weighted by molar-refractivity contribution is -0.117. The molecule has 0 saturated carbocycles. The Morgan fingerprint density at radius 2 is 1.96 bits per heavy atom. The highest BCUT2D eigenvalue weighted by Crippen LogP contribution is 2.24. The fourth-order valence-electron chi connectivity index (χ4n) is 2.85. The summed E-state index contributed by atoms with van der Waals surface area (Å²) >= 11 is 0. The Morgan fingerprint density at radius 1 is 1.25 bits per heavy atom. The Balaban J connectivity index is 1.52. The minimum absolute atomic E-state index is 0.00293. The first-order valence-electron chi connectivity index (χ1n) is 8.00. The number of carbonyl (C=O) groups excluding carboxylic acids is 2. The van der Waals surface area contributed by atoms with E-state index in [1.165, 1.54) is 0 Å². The molecule has 2 heterocycles. The van der Waals surface area contributed by atoms with E-state index in [1.807, 2.05) is 29.3 Å². The smallest absolute Gasteiger partial charge is 0.329 e. The van der Waals surface area contributed by atoms with E-state index in [2.05, 4.69) is 10.7 Å². The lowest BCUT2D eigenvalue weighted by Gasteiger charge is -2.27. The summed E-state index contributed by atoms with van der Waals surface area (Å²) in [7, 11) is 1.60. The van der Waals surface area contributed by atoms with Crippen LogP contribution in [0.15, 0.2) is 24.3 Å². The summed E-state index contributed by atoms with van der Waals surface area (Å²) in [5, 5.41) is 4.68. The lowest BCUT2D eigenvalue weighted by Crippen LogP contribution is -2.53. The van der Waals surface area contributed by atoms with Gasteiger partial charge in [0.15, 0.2) is 0 Å². The maximum atomic E-state index is 12.2. The highest BCUT2D eigenvalue weighted by atomic mass is 16.5. The van der Waals surface area contributed by atoms with Crippen LogP contribution in [0, 0.1) is 0 Å². The van der Waals surface area contributed by atoms with E-state index in [9.17, 15) is 9.59 Å². The monoisotopic (exact) mass is 334 g/mol. The van der Waals surface area contributed by atoms with Crippen LogP contribution in [0.25, 0.3) is 0 Å². The molecule has 1 aromatic carbocycles. The van der Waals surface area contributed by atoms with Crippen LogP contribution < -0.4 is 20.4 Å². The molecule has 2 fully saturated rings. The van der Waals surface area contributed by atoms with E-state index in [0.29, 0.717) is 39.3 Å². The summed E-state index contributed by atoms with van der Waals surface area (Å²) in [5.74, 6) is 0.738. The van der Waals surface area contributed by atoms with Gasteiger partial charge in [0.1, 0.15) is 5.75 Å². The van der Waals surface area contributed by atoms with Crippen molar-refractivity contribution in [2.24, 2.45) is 0 Å². The third kappa shape index (κ3) is 3.95. The highest BCUT2D eigenvalue weighted by molar-refractivity contribution is 5.96. The fourth-order valence-corrected chi connectivity index (χ4v) is 2.85. The number of methoxy groups -OCH3 is 1. The van der Waals surface area contributed by atoms with Crippen molar-refractivity contribution in [2.45, 2.75) is 12.5 Å². The van der Waals surface area contributed by atoms with E-state index in [1.54, 1.807) is 12.0 Å². The maximum Gasteiger partial charge on any atom is 0.329 e. The van der Waals surface area contributed by atoms with E-state index >= 15 is 0 Å². The number of hydrogen-bond acceptors (Lipinski definition) is 5. The normalized spacial score (nSPS) is 21.6. The molecule has 24 heavy (non-hydrogen) atoms. The first kappa shape index (κ1) is 16.5. The minimum atomic E-state index is -0.286. The van der Waals surface area contributed by atoms with E-state index in [0.717, 1.165) is 11.4 Å². The van der Waals surface area contributed by atoms with Crippen molar-refractivity contribution in [1.82, 2.24) is 15.8 Å². The molecule has 130 valence electrons. The van der Waals surface area contributed by atoms with Crippen molar-refractivity contribution in [3.05, 3.63) is 24.3 Å². The van der Waals surface area contributed by atoms with Crippen molar-refractivity contribution < 1.29 is 19.1 Å². The number of nitrogens with one attached hydrogen (secondary N) is 2. The molecule has 0 aliphatic carbocycles. The van der Waals surface area contributed by atoms with Crippen molar-refractivity contribution >= 4 is 17.6 Å². The largest absolute Gasteiger partial charge is 0.497 e. The number of amides is 3. The van der Waals surface area contributed by atoms with Crippen molar-refractivity contribution in [3.8, 4) is 5.75 Å². The molecule has 1 aromatic rings. The van der Waals surface area contributed by atoms with Gasteiger partial charge in [0.25, 0.3) is 0 Å². The summed E-state index contributed by atoms with van der Waals surface area (Å²) in [6.07, 6.45) is 0.294. The van der Waals surface area contributed by atoms with E-state index < -0.39 is 0 Å². The number of urea groups is 1. The molecule has 0 bridgehead atoms. The second-order valence-electron chi connectivity index (χ2n) is 5.79. The molecule has 0 unspecified atom stereocenters. The van der Waals surface area contributed by atoms with Gasteiger partial charge in [-0.1, -0.05) is 0 Å². The molecule has 8 heteroatoms. The maximum absolute atomic E-state index is 12.2. The summed E-state index contributed by atoms with van der Waals surface area (Å²) in [5.41, 5.74) is 3.59. The first-order chi connectivity index (χ1) is 11.7. The molecule has 8 nitrogen and oxygen atoms in total. The number of carbonyl (C=O) groups is 2. The number of nitrogens with zero attached hydrogens (tertiary/aromatic N) is 2. The average molecular weight is 334 g/mol. The molecule has 0 radical (unpaired) electrons. The van der Waals surface area contributed by atoms with Gasteiger partial charge in [-0.15, -0.1) is 0 Å². The number of benzene rings is 1. The molecular weight excluding hydrogens is 312 g/mol. The molecule has 2 aliphatic heterocycles. The van der Waals surface area contributed by atoms with Crippen LogP contribution in [0.3, 0.4) is 0 Å². The van der Waals surface area contributed by atoms with E-state index in [-0.39, 0.29) is 18.0 Å². The predicted octanol–water partition coefficient (Wildman–Crippen LogP) is 0.347. The Labute approximate surface area is 140 Å². The molecule has 0 aromatic heterocycles. The summed E-state index contributed by atoms with van der Waals surface area (Å²) < 4.78 is 10.4. The Hall–Kier alpha value is -2.32. The molecule has 1 atom stereocenters. The molecule has 3 rings (SSSR count). The van der Waals surface area contributed by atoms with Gasteiger partial charge in [-0.25, -0.2) is 9.80 Å². The van der Waals surface area contributed by atoms with Crippen molar-refractivity contribution in [3.63, 3.8) is 0 Å². The number of morpholine rings is 1. The standard InChI is InChI=1S/C16H22N4O4/c1-23-14-4-2-13(3-5-14)20-11-12(10-15(20)21)17-16(22)18-19-6-8-24-9-7-19/h2-5,12H,6-11H2,1H3,(H2,17,18,22)/t12-/m0/s1. The van der Waals surface area contributed by atoms with Gasteiger partial charge in [-0.2, -0.15) is 0 Å². The number of rotatable bonds is 4. The summed E-state index contributed by atoms with van der Waals surface area (Å²) in [6.45, 7) is 2.99. The highest BCUT2D eigenvalue weighted by Gasteiger charge is 2.31. The average Bonchev–Trinajstić information content (AvgIpc) is 2.96. The third-order valence-corrected chi connectivity index (χ3v) is 4.12. The first-order valence-corrected chi connectivity index (χ1v) is 8.00. The molecular formula is C16H22N4O4. The van der Waals surface area contributed by atoms with Crippen LogP contribution in [0.1, 0.15) is 6.42 Å². The van der Waals surface area contributed by atoms with Gasteiger partial charge < -0.3 is 19.7 Å². The molecule has 2 aliphatic rings. The predicted molar refractivity (Wildman–Crippen MR) is 87.8 cm³/mol. The third-order valence-electron chi connectivity index (χ3n) is 4.12. The van der Waals surface area contributed by atoms with Gasteiger partial charge in [-0.3, -0.25) is 10.2 Å². The molecule has 3 amide bonds. The lowest BCUT2D eigenvalue weighted by atomic mass is 10.2. The second kappa shape index (κ2) is 7.50. The number of ether oxygens (including phenoxy) is 2. The molecule has 2 saturated heterocycles. The van der Waals surface area contributed by atoms with Gasteiger partial charge in [0, 0.05) is 31.7 Å². The summed E-state index contributed by atoms with van der Waals surface area (Å²) in [4.78, 5) is 25.9. The zero-order valence-electron chi connectivity index (χ0n) is 13.7. The van der Waals surface area contributed by atoms with Crippen molar-refractivity contribution in [2.75, 3.05) is 44.9 Å². The molecule has 0 spiro atoms. The Bertz CT molecular complexity index is 586. The quantitative estimate of drug-likeness (QED) is 0.830. The fraction of sp³-hybridized carbons (Fsp3) is 0.500. The van der Waals surface area contributed by atoms with Gasteiger partial charge in [0.05, 0.1) is 26.4 Å². The minimum Gasteiger partial charge on any atom is -0.497 e. The van der Waals surface area contributed by atoms with Crippen LogP contribution in [0.4, 0.5) is 10.5 Å². The van der Waals surface area contributed by atoms with Crippen LogP contribution in [0.5, 0.6) is 5.75 Å². The zero-order valence-corrected chi connectivity index (χ0v) is 13.7. The van der Waals surface area contributed by atoms with Gasteiger partial charge >= 0.3 is 6.03 Å². The van der Waals surface area contributed by atoms with E-state index in [4.69, 9.17) is 9.47 Å². The van der Waals surface area contributed by atoms with Crippen LogP contribution in [0.2, 0.25) is 0 Å². The van der Waals surface area contributed by atoms with Crippen LogP contribution in [-0.2, 0) is 9.53 Å². The SMILES string of the molecule is COc1ccc(N2C[C@@H](NC(=O)NN3CCOCC3)CC2=O)cc1. The Morgan fingerprint density at radius 3 is 2.62 bits per heavy atom.